The lowest BCUT2D eigenvalue weighted by atomic mass is 10.3. The molecule has 1 aromatic heterocycles. The second-order valence-corrected chi connectivity index (χ2v) is 4.40. The van der Waals surface area contributed by atoms with Gasteiger partial charge in [0.25, 0.3) is 0 Å². The molecule has 1 N–H and O–H groups in total. The van der Waals surface area contributed by atoms with Gasteiger partial charge >= 0.3 is 0 Å². The van der Waals surface area contributed by atoms with Gasteiger partial charge in [-0.05, 0) is 31.3 Å². The minimum Gasteiger partial charge on any atom is -0.468 e. The Morgan fingerprint density at radius 1 is 1.25 bits per heavy atom. The van der Waals surface area contributed by atoms with E-state index in [2.05, 4.69) is 5.32 Å². The van der Waals surface area contributed by atoms with Crippen molar-refractivity contribution >= 4 is 11.6 Å². The van der Waals surface area contributed by atoms with E-state index in [1.807, 2.05) is 0 Å². The van der Waals surface area contributed by atoms with E-state index >= 15 is 0 Å². The molecule has 0 aliphatic rings. The van der Waals surface area contributed by atoms with Gasteiger partial charge in [-0.25, -0.2) is 8.78 Å². The predicted molar refractivity (Wildman–Crippen MR) is 70.0 cm³/mol. The van der Waals surface area contributed by atoms with Gasteiger partial charge in [-0.2, -0.15) is 0 Å². The molecule has 0 spiro atoms. The molecule has 0 radical (unpaired) electrons. The van der Waals surface area contributed by atoms with Crippen LogP contribution < -0.4 is 5.32 Å². The Hall–Kier alpha value is -2.21. The largest absolute Gasteiger partial charge is 0.468 e. The number of carbonyl (C=O) groups excluding carboxylic acids is 1. The number of anilines is 1. The van der Waals surface area contributed by atoms with Crippen LogP contribution in [0.2, 0.25) is 0 Å². The second-order valence-electron chi connectivity index (χ2n) is 4.40. The Kier molecular flexibility index (Phi) is 4.47. The average molecular weight is 280 g/mol. The molecular formula is C14H14F2N2O2. The number of halogens is 2. The highest BCUT2D eigenvalue weighted by Gasteiger charge is 2.13. The van der Waals surface area contributed by atoms with Crippen molar-refractivity contribution in [2.45, 2.75) is 6.54 Å². The molecule has 4 nitrogen and oxygen atoms in total. The minimum absolute atomic E-state index is 0.00548. The van der Waals surface area contributed by atoms with Gasteiger partial charge in [-0.3, -0.25) is 9.69 Å². The first-order valence-corrected chi connectivity index (χ1v) is 6.01. The van der Waals surface area contributed by atoms with E-state index in [-0.39, 0.29) is 6.54 Å². The average Bonchev–Trinajstić information content (AvgIpc) is 2.86. The SMILES string of the molecule is CN(CC(=O)Nc1c(F)cccc1F)Cc1ccco1. The smallest absolute Gasteiger partial charge is 0.238 e. The van der Waals surface area contributed by atoms with Crippen molar-refractivity contribution < 1.29 is 18.0 Å². The first-order chi connectivity index (χ1) is 9.56. The van der Waals surface area contributed by atoms with Crippen LogP contribution >= 0.6 is 0 Å². The number of nitrogens with one attached hydrogen (secondary N) is 1. The Labute approximate surface area is 115 Å². The standard InChI is InChI=1S/C14H14F2N2O2/c1-18(8-10-4-3-7-20-10)9-13(19)17-14-11(15)5-2-6-12(14)16/h2-7H,8-9H2,1H3,(H,17,19). The van der Waals surface area contributed by atoms with Crippen molar-refractivity contribution in [3.05, 3.63) is 54.0 Å². The van der Waals surface area contributed by atoms with Gasteiger partial charge in [0, 0.05) is 0 Å². The molecular weight excluding hydrogens is 266 g/mol. The Morgan fingerprint density at radius 2 is 1.95 bits per heavy atom. The Morgan fingerprint density at radius 3 is 2.55 bits per heavy atom. The van der Waals surface area contributed by atoms with Gasteiger partial charge in [0.15, 0.2) is 0 Å². The van der Waals surface area contributed by atoms with Gasteiger partial charge in [0.05, 0.1) is 19.4 Å². The topological polar surface area (TPSA) is 45.5 Å². The number of benzene rings is 1. The lowest BCUT2D eigenvalue weighted by Crippen LogP contribution is -2.30. The number of carbonyl (C=O) groups is 1. The van der Waals surface area contributed by atoms with E-state index in [0.29, 0.717) is 12.3 Å². The molecule has 0 saturated carbocycles. The third-order valence-electron chi connectivity index (χ3n) is 2.65. The van der Waals surface area contributed by atoms with Crippen LogP contribution in [0, 0.1) is 11.6 Å². The highest BCUT2D eigenvalue weighted by Crippen LogP contribution is 2.17. The van der Waals surface area contributed by atoms with Crippen LogP contribution in [0.1, 0.15) is 5.76 Å². The van der Waals surface area contributed by atoms with E-state index in [9.17, 15) is 13.6 Å². The number of hydrogen-bond donors (Lipinski definition) is 1. The monoisotopic (exact) mass is 280 g/mol. The highest BCUT2D eigenvalue weighted by molar-refractivity contribution is 5.92. The zero-order chi connectivity index (χ0) is 14.5. The maximum atomic E-state index is 13.4. The molecule has 0 aliphatic carbocycles. The third-order valence-corrected chi connectivity index (χ3v) is 2.65. The maximum absolute atomic E-state index is 13.4. The van der Waals surface area contributed by atoms with Crippen LogP contribution in [0.15, 0.2) is 41.0 Å². The van der Waals surface area contributed by atoms with Crippen molar-refractivity contribution in [1.29, 1.82) is 0 Å². The van der Waals surface area contributed by atoms with Crippen LogP contribution in [0.3, 0.4) is 0 Å². The van der Waals surface area contributed by atoms with Crippen molar-refractivity contribution in [3.8, 4) is 0 Å². The van der Waals surface area contributed by atoms with Gasteiger partial charge in [-0.1, -0.05) is 6.07 Å². The molecule has 2 aromatic rings. The van der Waals surface area contributed by atoms with Gasteiger partial charge in [0.1, 0.15) is 23.1 Å². The van der Waals surface area contributed by atoms with Crippen LogP contribution in [-0.2, 0) is 11.3 Å². The summed E-state index contributed by atoms with van der Waals surface area (Å²) >= 11 is 0. The van der Waals surface area contributed by atoms with Crippen LogP contribution in [0.25, 0.3) is 0 Å². The maximum Gasteiger partial charge on any atom is 0.238 e. The summed E-state index contributed by atoms with van der Waals surface area (Å²) in [6, 6.07) is 6.95. The second kappa shape index (κ2) is 6.29. The van der Waals surface area contributed by atoms with Crippen LogP contribution in [0.5, 0.6) is 0 Å². The molecule has 1 heterocycles. The Balaban J connectivity index is 1.92. The normalized spacial score (nSPS) is 10.8. The fourth-order valence-electron chi connectivity index (χ4n) is 1.77. The number of hydrogen-bond acceptors (Lipinski definition) is 3. The van der Waals surface area contributed by atoms with Gasteiger partial charge < -0.3 is 9.73 Å². The summed E-state index contributed by atoms with van der Waals surface area (Å²) in [5.74, 6) is -1.39. The van der Waals surface area contributed by atoms with Crippen LogP contribution in [0.4, 0.5) is 14.5 Å². The number of amides is 1. The lowest BCUT2D eigenvalue weighted by Gasteiger charge is -2.15. The molecule has 0 bridgehead atoms. The molecule has 1 aromatic carbocycles. The third kappa shape index (κ3) is 3.64. The number of furan rings is 1. The molecule has 0 aliphatic heterocycles. The zero-order valence-corrected chi connectivity index (χ0v) is 10.9. The van der Waals surface area contributed by atoms with Crippen molar-refractivity contribution in [3.63, 3.8) is 0 Å². The summed E-state index contributed by atoms with van der Waals surface area (Å²) in [4.78, 5) is 13.4. The molecule has 2 rings (SSSR count). The van der Waals surface area contributed by atoms with Crippen molar-refractivity contribution in [1.82, 2.24) is 4.90 Å². The summed E-state index contributed by atoms with van der Waals surface area (Å²) < 4.78 is 31.9. The number of nitrogens with zero attached hydrogens (tertiary/aromatic N) is 1. The highest BCUT2D eigenvalue weighted by atomic mass is 19.1. The van der Waals surface area contributed by atoms with E-state index < -0.39 is 23.2 Å². The predicted octanol–water partition coefficient (Wildman–Crippen LogP) is 2.63. The number of para-hydroxylation sites is 1. The molecule has 0 unspecified atom stereocenters. The molecule has 6 heteroatoms. The zero-order valence-electron chi connectivity index (χ0n) is 10.9. The van der Waals surface area contributed by atoms with E-state index in [1.165, 1.54) is 12.3 Å². The lowest BCUT2D eigenvalue weighted by molar-refractivity contribution is -0.117. The summed E-state index contributed by atoms with van der Waals surface area (Å²) in [6.07, 6.45) is 1.54. The van der Waals surface area contributed by atoms with E-state index in [4.69, 9.17) is 4.42 Å². The van der Waals surface area contributed by atoms with Crippen LogP contribution in [-0.4, -0.2) is 24.4 Å². The number of rotatable bonds is 5. The summed E-state index contributed by atoms with van der Waals surface area (Å²) in [6.45, 7) is 0.425. The van der Waals surface area contributed by atoms with Gasteiger partial charge in [-0.15, -0.1) is 0 Å². The molecule has 1 amide bonds. The van der Waals surface area contributed by atoms with Crippen molar-refractivity contribution in [2.24, 2.45) is 0 Å². The first kappa shape index (κ1) is 14.2. The molecule has 106 valence electrons. The van der Waals surface area contributed by atoms with Gasteiger partial charge in [0.2, 0.25) is 5.91 Å². The molecule has 20 heavy (non-hydrogen) atoms. The minimum atomic E-state index is -0.799. The van der Waals surface area contributed by atoms with E-state index in [0.717, 1.165) is 12.1 Å². The summed E-state index contributed by atoms with van der Waals surface area (Å²) in [7, 11) is 1.71. The quantitative estimate of drug-likeness (QED) is 0.915. The summed E-state index contributed by atoms with van der Waals surface area (Å²) in [5, 5.41) is 2.23. The fourth-order valence-corrected chi connectivity index (χ4v) is 1.77. The van der Waals surface area contributed by atoms with Crippen molar-refractivity contribution in [2.75, 3.05) is 18.9 Å². The Bertz CT molecular complexity index is 565. The number of likely N-dealkylation sites (N-methyl/N-ethyl adjacent to an activating group) is 1. The fraction of sp³-hybridized carbons (Fsp3) is 0.214. The molecule has 0 atom stereocenters. The van der Waals surface area contributed by atoms with E-state index in [1.54, 1.807) is 24.1 Å². The first-order valence-electron chi connectivity index (χ1n) is 6.01. The molecule has 0 fully saturated rings. The molecule has 0 saturated heterocycles. The summed E-state index contributed by atoms with van der Waals surface area (Å²) in [5.41, 5.74) is -0.427.